The minimum absolute atomic E-state index is 0.112. The quantitative estimate of drug-likeness (QED) is 0.201. The maximum Gasteiger partial charge on any atom is 0.181 e. The number of hydrogen-bond acceptors (Lipinski definition) is 9. The largest absolute Gasteiger partial charge is 0.396 e. The van der Waals surface area contributed by atoms with Gasteiger partial charge in [-0.15, -0.1) is 0 Å². The van der Waals surface area contributed by atoms with E-state index in [4.69, 9.17) is 45.2 Å². The molecule has 1 heterocycles. The molecule has 0 aromatic rings. The normalized spacial score (nSPS) is 18.1. The van der Waals surface area contributed by atoms with E-state index in [1.165, 1.54) is 0 Å². The van der Waals surface area contributed by atoms with Crippen LogP contribution in [-0.2, 0) is 9.47 Å². The summed E-state index contributed by atoms with van der Waals surface area (Å²) < 4.78 is 9.86. The molecule has 9 nitrogen and oxygen atoms in total. The molecule has 1 fully saturated rings. The van der Waals surface area contributed by atoms with E-state index in [-0.39, 0.29) is 32.7 Å². The number of epoxide rings is 1. The van der Waals surface area contributed by atoms with E-state index in [0.29, 0.717) is 6.61 Å². The van der Waals surface area contributed by atoms with Crippen molar-refractivity contribution in [2.45, 2.75) is 6.29 Å². The first-order valence-corrected chi connectivity index (χ1v) is 6.50. The minimum atomic E-state index is -1.11. The standard InChI is InChI=1S/C7H14O5.C5H12O4/c8-2-7(3-9,4-10)5-12-6-1-11-6;6-1-5(2-7,3-8)4-9/h6,8-10H,1-5H2;6-9H,1-4H2. The average molecular weight is 314 g/mol. The van der Waals surface area contributed by atoms with Crippen LogP contribution >= 0.6 is 0 Å². The molecule has 0 radical (unpaired) electrons. The van der Waals surface area contributed by atoms with Crippen LogP contribution in [0.15, 0.2) is 0 Å². The van der Waals surface area contributed by atoms with Crippen LogP contribution in [0.3, 0.4) is 0 Å². The highest BCUT2D eigenvalue weighted by molar-refractivity contribution is 4.77. The van der Waals surface area contributed by atoms with Crippen molar-refractivity contribution in [3.05, 3.63) is 0 Å². The van der Waals surface area contributed by atoms with Crippen molar-refractivity contribution in [1.29, 1.82) is 0 Å². The second-order valence-corrected chi connectivity index (χ2v) is 5.18. The summed E-state index contributed by atoms with van der Waals surface area (Å²) in [6.07, 6.45) is -0.214. The van der Waals surface area contributed by atoms with Crippen molar-refractivity contribution < 1.29 is 45.2 Å². The third-order valence-electron chi connectivity index (χ3n) is 3.23. The lowest BCUT2D eigenvalue weighted by atomic mass is 9.93. The zero-order valence-electron chi connectivity index (χ0n) is 11.9. The highest BCUT2D eigenvalue weighted by Crippen LogP contribution is 2.19. The molecule has 1 aliphatic rings. The Bertz CT molecular complexity index is 223. The lowest BCUT2D eigenvalue weighted by Crippen LogP contribution is -2.39. The van der Waals surface area contributed by atoms with Crippen LogP contribution in [0.5, 0.6) is 0 Å². The Labute approximate surface area is 123 Å². The zero-order valence-corrected chi connectivity index (χ0v) is 11.9. The first-order chi connectivity index (χ1) is 10.0. The van der Waals surface area contributed by atoms with Crippen LogP contribution in [0.25, 0.3) is 0 Å². The van der Waals surface area contributed by atoms with Gasteiger partial charge in [0.25, 0.3) is 0 Å². The Kier molecular flexibility index (Phi) is 10.2. The third-order valence-corrected chi connectivity index (χ3v) is 3.23. The zero-order chi connectivity index (χ0) is 16.4. The average Bonchev–Trinajstić information content (AvgIpc) is 3.37. The van der Waals surface area contributed by atoms with Crippen molar-refractivity contribution in [3.8, 4) is 0 Å². The van der Waals surface area contributed by atoms with Gasteiger partial charge in [0.1, 0.15) is 6.61 Å². The van der Waals surface area contributed by atoms with Gasteiger partial charge < -0.3 is 45.2 Å². The summed E-state index contributed by atoms with van der Waals surface area (Å²) in [5.41, 5.74) is -2.05. The summed E-state index contributed by atoms with van der Waals surface area (Å²) in [7, 11) is 0. The first kappa shape index (κ1) is 20.6. The van der Waals surface area contributed by atoms with Gasteiger partial charge in [-0.2, -0.15) is 0 Å². The van der Waals surface area contributed by atoms with Gasteiger partial charge in [-0.25, -0.2) is 0 Å². The summed E-state index contributed by atoms with van der Waals surface area (Å²) in [5, 5.41) is 60.6. The van der Waals surface area contributed by atoms with E-state index in [9.17, 15) is 0 Å². The maximum absolute atomic E-state index is 8.87. The minimum Gasteiger partial charge on any atom is -0.396 e. The molecule has 21 heavy (non-hydrogen) atoms. The summed E-state index contributed by atoms with van der Waals surface area (Å²) in [4.78, 5) is 0. The fraction of sp³-hybridized carbons (Fsp3) is 1.00. The lowest BCUT2D eigenvalue weighted by molar-refractivity contribution is -0.0782. The molecule has 1 rings (SSSR count). The predicted molar refractivity (Wildman–Crippen MR) is 70.2 cm³/mol. The summed E-state index contributed by atoms with van der Waals surface area (Å²) in [5.74, 6) is 0. The van der Waals surface area contributed by atoms with Gasteiger partial charge in [-0.3, -0.25) is 0 Å². The molecule has 0 spiro atoms. The van der Waals surface area contributed by atoms with Crippen LogP contribution in [0.1, 0.15) is 0 Å². The second-order valence-electron chi connectivity index (χ2n) is 5.18. The first-order valence-electron chi connectivity index (χ1n) is 6.50. The van der Waals surface area contributed by atoms with Gasteiger partial charge >= 0.3 is 0 Å². The molecule has 1 aliphatic heterocycles. The van der Waals surface area contributed by atoms with Crippen LogP contribution in [0.4, 0.5) is 0 Å². The molecule has 0 bridgehead atoms. The van der Waals surface area contributed by atoms with Gasteiger partial charge in [0.15, 0.2) is 6.29 Å². The van der Waals surface area contributed by atoms with Gasteiger partial charge in [0.2, 0.25) is 0 Å². The molecule has 128 valence electrons. The third kappa shape index (κ3) is 6.96. The highest BCUT2D eigenvalue weighted by atomic mass is 16.8. The maximum atomic E-state index is 8.87. The van der Waals surface area contributed by atoms with E-state index in [1.807, 2.05) is 0 Å². The Hall–Kier alpha value is -0.360. The topological polar surface area (TPSA) is 163 Å². The number of rotatable bonds is 10. The number of aliphatic hydroxyl groups excluding tert-OH is 7. The van der Waals surface area contributed by atoms with Gasteiger partial charge in [0, 0.05) is 0 Å². The molecule has 9 heteroatoms. The molecule has 0 saturated carbocycles. The van der Waals surface area contributed by atoms with Crippen LogP contribution in [0.2, 0.25) is 0 Å². The van der Waals surface area contributed by atoms with Crippen molar-refractivity contribution in [3.63, 3.8) is 0 Å². The highest BCUT2D eigenvalue weighted by Gasteiger charge is 2.33. The molecule has 1 atom stereocenters. The SMILES string of the molecule is OCC(CO)(CO)CO.OCC(CO)(CO)COC1CO1. The lowest BCUT2D eigenvalue weighted by Gasteiger charge is -2.26. The van der Waals surface area contributed by atoms with Gasteiger partial charge in [-0.05, 0) is 0 Å². The fourth-order valence-electron chi connectivity index (χ4n) is 0.992. The molecule has 0 aromatic carbocycles. The molecule has 0 aliphatic carbocycles. The van der Waals surface area contributed by atoms with Crippen molar-refractivity contribution in [1.82, 2.24) is 0 Å². The van der Waals surface area contributed by atoms with Gasteiger partial charge in [-0.1, -0.05) is 0 Å². The molecule has 1 saturated heterocycles. The van der Waals surface area contributed by atoms with E-state index < -0.39 is 37.3 Å². The Balaban J connectivity index is 0.000000400. The summed E-state index contributed by atoms with van der Waals surface area (Å²) in [6.45, 7) is -1.86. The Morgan fingerprint density at radius 2 is 1.05 bits per heavy atom. The molecule has 7 N–H and O–H groups in total. The van der Waals surface area contributed by atoms with Crippen LogP contribution in [0, 0.1) is 10.8 Å². The Morgan fingerprint density at radius 1 is 0.714 bits per heavy atom. The van der Waals surface area contributed by atoms with Crippen molar-refractivity contribution in [2.75, 3.05) is 59.5 Å². The Morgan fingerprint density at radius 3 is 1.24 bits per heavy atom. The van der Waals surface area contributed by atoms with Gasteiger partial charge in [0.05, 0.1) is 63.7 Å². The van der Waals surface area contributed by atoms with E-state index in [1.54, 1.807) is 0 Å². The molecule has 0 amide bonds. The van der Waals surface area contributed by atoms with Crippen molar-refractivity contribution in [2.24, 2.45) is 10.8 Å². The van der Waals surface area contributed by atoms with Crippen molar-refractivity contribution >= 4 is 0 Å². The summed E-state index contributed by atoms with van der Waals surface area (Å²) >= 11 is 0. The number of aliphatic hydroxyl groups is 7. The number of ether oxygens (including phenoxy) is 2. The fourth-order valence-corrected chi connectivity index (χ4v) is 0.992. The van der Waals surface area contributed by atoms with Crippen LogP contribution in [-0.4, -0.2) is 101 Å². The molecule has 0 aromatic heterocycles. The second kappa shape index (κ2) is 10.4. The van der Waals surface area contributed by atoms with E-state index in [0.717, 1.165) is 0 Å². The molecule has 1 unspecified atom stereocenters. The monoisotopic (exact) mass is 314 g/mol. The van der Waals surface area contributed by atoms with E-state index >= 15 is 0 Å². The van der Waals surface area contributed by atoms with E-state index in [2.05, 4.69) is 0 Å². The molecular formula is C12H26O9. The smallest absolute Gasteiger partial charge is 0.181 e. The van der Waals surface area contributed by atoms with Crippen LogP contribution < -0.4 is 0 Å². The summed E-state index contributed by atoms with van der Waals surface area (Å²) in [6, 6.07) is 0. The molecular weight excluding hydrogens is 288 g/mol. The predicted octanol–water partition coefficient (Wildman–Crippen LogP) is -3.74. The number of hydrogen-bond donors (Lipinski definition) is 7.